The summed E-state index contributed by atoms with van der Waals surface area (Å²) >= 11 is 0. The average molecular weight is 195 g/mol. The first-order chi connectivity index (χ1) is 6.68. The number of hydrogen-bond acceptors (Lipinski definition) is 4. The summed E-state index contributed by atoms with van der Waals surface area (Å²) in [6.07, 6.45) is 3.60. The Hall–Kier alpha value is -0.940. The first-order valence-electron chi connectivity index (χ1n) is 4.98. The maximum Gasteiger partial charge on any atom is 0.0737 e. The second-order valence-electron chi connectivity index (χ2n) is 4.24. The first-order valence-corrected chi connectivity index (χ1v) is 4.98. The van der Waals surface area contributed by atoms with Gasteiger partial charge in [-0.2, -0.15) is 0 Å². The summed E-state index contributed by atoms with van der Waals surface area (Å²) in [4.78, 5) is 2.27. The highest BCUT2D eigenvalue weighted by Crippen LogP contribution is 2.25. The summed E-state index contributed by atoms with van der Waals surface area (Å²) < 4.78 is 1.89. The highest BCUT2D eigenvalue weighted by Gasteiger charge is 2.32. The lowest BCUT2D eigenvalue weighted by atomic mass is 9.91. The van der Waals surface area contributed by atoms with Crippen LogP contribution in [0.2, 0.25) is 0 Å². The summed E-state index contributed by atoms with van der Waals surface area (Å²) in [6, 6.07) is 0.430. The minimum Gasteiger partial charge on any atom is -0.325 e. The van der Waals surface area contributed by atoms with Gasteiger partial charge in [0, 0.05) is 25.3 Å². The molecule has 1 fully saturated rings. The molecule has 2 N–H and O–H groups in total. The first kappa shape index (κ1) is 9.61. The molecule has 0 unspecified atom stereocenters. The summed E-state index contributed by atoms with van der Waals surface area (Å²) in [5, 5.41) is 7.86. The molecule has 0 saturated carbocycles. The molecule has 0 aromatic carbocycles. The Morgan fingerprint density at radius 3 is 2.79 bits per heavy atom. The second-order valence-corrected chi connectivity index (χ2v) is 4.24. The van der Waals surface area contributed by atoms with E-state index >= 15 is 0 Å². The maximum absolute atomic E-state index is 6.12. The quantitative estimate of drug-likeness (QED) is 0.670. The predicted octanol–water partition coefficient (Wildman–Crippen LogP) is -0.272. The fourth-order valence-corrected chi connectivity index (χ4v) is 2.40. The van der Waals surface area contributed by atoms with Crippen molar-refractivity contribution in [2.75, 3.05) is 20.1 Å². The molecular weight excluding hydrogens is 178 g/mol. The Kier molecular flexibility index (Phi) is 2.52. The van der Waals surface area contributed by atoms with Gasteiger partial charge in [-0.05, 0) is 13.0 Å². The summed E-state index contributed by atoms with van der Waals surface area (Å²) in [6.45, 7) is 4.20. The fraction of sp³-hybridized carbons (Fsp3) is 0.778. The normalized spacial score (nSPS) is 34.6. The van der Waals surface area contributed by atoms with Gasteiger partial charge < -0.3 is 10.6 Å². The highest BCUT2D eigenvalue weighted by molar-refractivity contribution is 4.90. The van der Waals surface area contributed by atoms with Crippen molar-refractivity contribution < 1.29 is 0 Å². The van der Waals surface area contributed by atoms with Crippen molar-refractivity contribution in [3.63, 3.8) is 0 Å². The lowest BCUT2D eigenvalue weighted by molar-refractivity contribution is 0.126. The lowest BCUT2D eigenvalue weighted by Gasteiger charge is -2.39. The number of likely N-dealkylation sites (tertiary alicyclic amines) is 1. The number of piperidine rings is 1. The SMILES string of the molecule is C[C@H]1CN(C)C[C@@H](N)[C@@H]1n1ccnn1. The van der Waals surface area contributed by atoms with E-state index in [1.54, 1.807) is 6.20 Å². The van der Waals surface area contributed by atoms with E-state index in [0.29, 0.717) is 5.92 Å². The van der Waals surface area contributed by atoms with Crippen LogP contribution in [0.4, 0.5) is 0 Å². The number of likely N-dealkylation sites (N-methyl/N-ethyl adjacent to an activating group) is 1. The monoisotopic (exact) mass is 195 g/mol. The van der Waals surface area contributed by atoms with E-state index in [4.69, 9.17) is 5.73 Å². The molecule has 2 rings (SSSR count). The van der Waals surface area contributed by atoms with E-state index in [1.165, 1.54) is 0 Å². The average Bonchev–Trinajstić information content (AvgIpc) is 2.54. The van der Waals surface area contributed by atoms with Gasteiger partial charge >= 0.3 is 0 Å². The number of rotatable bonds is 1. The van der Waals surface area contributed by atoms with E-state index < -0.39 is 0 Å². The Morgan fingerprint density at radius 1 is 1.43 bits per heavy atom. The Bertz CT molecular complexity index is 271. The zero-order valence-corrected chi connectivity index (χ0v) is 8.67. The fourth-order valence-electron chi connectivity index (χ4n) is 2.40. The van der Waals surface area contributed by atoms with Gasteiger partial charge in [-0.15, -0.1) is 5.10 Å². The van der Waals surface area contributed by atoms with Crippen LogP contribution >= 0.6 is 0 Å². The molecule has 14 heavy (non-hydrogen) atoms. The zero-order chi connectivity index (χ0) is 10.1. The molecule has 1 aromatic heterocycles. The van der Waals surface area contributed by atoms with Crippen molar-refractivity contribution in [2.24, 2.45) is 11.7 Å². The standard InChI is InChI=1S/C9H17N5/c1-7-5-13(2)6-8(10)9(7)14-4-3-11-12-14/h3-4,7-9H,5-6,10H2,1-2H3/t7-,8+,9+/m0/s1. The van der Waals surface area contributed by atoms with Gasteiger partial charge in [-0.3, -0.25) is 0 Å². The summed E-state index contributed by atoms with van der Waals surface area (Å²) in [5.74, 6) is 0.519. The van der Waals surface area contributed by atoms with Crippen molar-refractivity contribution in [3.8, 4) is 0 Å². The molecule has 5 heteroatoms. The van der Waals surface area contributed by atoms with Crippen LogP contribution in [0.15, 0.2) is 12.4 Å². The molecule has 1 saturated heterocycles. The third-order valence-electron chi connectivity index (χ3n) is 2.89. The highest BCUT2D eigenvalue weighted by atomic mass is 15.4. The molecule has 0 amide bonds. The van der Waals surface area contributed by atoms with Gasteiger partial charge in [-0.1, -0.05) is 12.1 Å². The molecule has 78 valence electrons. The number of nitrogens with two attached hydrogens (primary N) is 1. The Balaban J connectivity index is 2.18. The van der Waals surface area contributed by atoms with Crippen LogP contribution in [0.25, 0.3) is 0 Å². The second kappa shape index (κ2) is 3.67. The summed E-state index contributed by atoms with van der Waals surface area (Å²) in [7, 11) is 2.11. The van der Waals surface area contributed by atoms with Crippen molar-refractivity contribution in [3.05, 3.63) is 12.4 Å². The van der Waals surface area contributed by atoms with E-state index in [1.807, 2.05) is 10.9 Å². The number of aromatic nitrogens is 3. The van der Waals surface area contributed by atoms with Crippen molar-refractivity contribution in [2.45, 2.75) is 19.0 Å². The van der Waals surface area contributed by atoms with E-state index in [2.05, 4.69) is 29.2 Å². The molecule has 0 aliphatic carbocycles. The molecule has 1 aromatic rings. The molecule has 0 bridgehead atoms. The van der Waals surface area contributed by atoms with E-state index in [-0.39, 0.29) is 12.1 Å². The minimum atomic E-state index is 0.144. The Labute approximate surface area is 83.9 Å². The zero-order valence-electron chi connectivity index (χ0n) is 8.67. The largest absolute Gasteiger partial charge is 0.325 e. The van der Waals surface area contributed by atoms with Crippen LogP contribution in [0.5, 0.6) is 0 Å². The van der Waals surface area contributed by atoms with Crippen LogP contribution < -0.4 is 5.73 Å². The predicted molar refractivity (Wildman–Crippen MR) is 53.7 cm³/mol. The van der Waals surface area contributed by atoms with Gasteiger partial charge in [0.05, 0.1) is 12.2 Å². The lowest BCUT2D eigenvalue weighted by Crippen LogP contribution is -2.51. The van der Waals surface area contributed by atoms with Gasteiger partial charge in [-0.25, -0.2) is 4.68 Å². The molecule has 2 heterocycles. The number of nitrogens with zero attached hydrogens (tertiary/aromatic N) is 4. The third-order valence-corrected chi connectivity index (χ3v) is 2.89. The third kappa shape index (κ3) is 1.65. The molecular formula is C9H17N5. The van der Waals surface area contributed by atoms with Crippen molar-refractivity contribution in [1.82, 2.24) is 19.9 Å². The number of hydrogen-bond donors (Lipinski definition) is 1. The van der Waals surface area contributed by atoms with Crippen molar-refractivity contribution >= 4 is 0 Å². The van der Waals surface area contributed by atoms with Gasteiger partial charge in [0.25, 0.3) is 0 Å². The maximum atomic E-state index is 6.12. The summed E-state index contributed by atoms with van der Waals surface area (Å²) in [5.41, 5.74) is 6.12. The molecule has 1 aliphatic heterocycles. The van der Waals surface area contributed by atoms with Crippen molar-refractivity contribution in [1.29, 1.82) is 0 Å². The molecule has 0 radical (unpaired) electrons. The van der Waals surface area contributed by atoms with Crippen LogP contribution in [0.3, 0.4) is 0 Å². The van der Waals surface area contributed by atoms with Gasteiger partial charge in [0.15, 0.2) is 0 Å². The minimum absolute atomic E-state index is 0.144. The van der Waals surface area contributed by atoms with Gasteiger partial charge in [0.2, 0.25) is 0 Å². The smallest absolute Gasteiger partial charge is 0.0737 e. The van der Waals surface area contributed by atoms with Crippen LogP contribution in [-0.2, 0) is 0 Å². The topological polar surface area (TPSA) is 60.0 Å². The molecule has 3 atom stereocenters. The van der Waals surface area contributed by atoms with Gasteiger partial charge in [0.1, 0.15) is 0 Å². The van der Waals surface area contributed by atoms with E-state index in [9.17, 15) is 0 Å². The Morgan fingerprint density at radius 2 is 2.21 bits per heavy atom. The molecule has 5 nitrogen and oxygen atoms in total. The molecule has 0 spiro atoms. The van der Waals surface area contributed by atoms with E-state index in [0.717, 1.165) is 13.1 Å². The van der Waals surface area contributed by atoms with Crippen LogP contribution in [-0.4, -0.2) is 46.1 Å². The molecule has 1 aliphatic rings. The van der Waals surface area contributed by atoms with Crippen LogP contribution in [0, 0.1) is 5.92 Å². The van der Waals surface area contributed by atoms with Crippen LogP contribution in [0.1, 0.15) is 13.0 Å².